The Kier molecular flexibility index (Phi) is 6.01. The van der Waals surface area contributed by atoms with Crippen LogP contribution in [0.1, 0.15) is 25.3 Å². The lowest BCUT2D eigenvalue weighted by Crippen LogP contribution is -2.22. The normalized spacial score (nSPS) is 10.3. The van der Waals surface area contributed by atoms with Crippen LogP contribution in [0.15, 0.2) is 18.2 Å². The quantitative estimate of drug-likeness (QED) is 0.767. The van der Waals surface area contributed by atoms with Crippen molar-refractivity contribution in [1.82, 2.24) is 5.32 Å². The molecule has 2 N–H and O–H groups in total. The van der Waals surface area contributed by atoms with Crippen LogP contribution in [0, 0.1) is 6.92 Å². The first-order chi connectivity index (χ1) is 8.15. The van der Waals surface area contributed by atoms with Gasteiger partial charge in [-0.25, -0.2) is 0 Å². The van der Waals surface area contributed by atoms with Gasteiger partial charge in [0.05, 0.1) is 0 Å². The van der Waals surface area contributed by atoms with Gasteiger partial charge in [-0.15, -0.1) is 0 Å². The Morgan fingerprint density at radius 1 is 1.35 bits per heavy atom. The van der Waals surface area contributed by atoms with E-state index in [2.05, 4.69) is 17.6 Å². The molecule has 0 saturated carbocycles. The third-order valence-electron chi connectivity index (χ3n) is 2.50. The number of halogens is 1. The van der Waals surface area contributed by atoms with Gasteiger partial charge >= 0.3 is 0 Å². The van der Waals surface area contributed by atoms with Crippen molar-refractivity contribution in [1.29, 1.82) is 0 Å². The fourth-order valence-corrected chi connectivity index (χ4v) is 1.63. The third-order valence-corrected chi connectivity index (χ3v) is 2.91. The van der Waals surface area contributed by atoms with Crippen LogP contribution in [-0.2, 0) is 4.79 Å². The average molecular weight is 255 g/mol. The summed E-state index contributed by atoms with van der Waals surface area (Å²) in [5, 5.41) is 6.73. The molecule has 0 saturated heterocycles. The van der Waals surface area contributed by atoms with Gasteiger partial charge in [0, 0.05) is 23.7 Å². The van der Waals surface area contributed by atoms with Gasteiger partial charge in [0.1, 0.15) is 0 Å². The van der Waals surface area contributed by atoms with Crippen molar-refractivity contribution in [3.63, 3.8) is 0 Å². The van der Waals surface area contributed by atoms with E-state index in [9.17, 15) is 4.79 Å². The van der Waals surface area contributed by atoms with E-state index in [0.717, 1.165) is 24.2 Å². The van der Waals surface area contributed by atoms with E-state index < -0.39 is 0 Å². The number of carbonyl (C=O) groups is 1. The molecule has 0 fully saturated rings. The molecule has 0 unspecified atom stereocenters. The first-order valence-corrected chi connectivity index (χ1v) is 6.28. The SMILES string of the molecule is CCCNCCC(=O)Nc1cccc(Cl)c1C. The van der Waals surface area contributed by atoms with Gasteiger partial charge in [0.25, 0.3) is 0 Å². The minimum Gasteiger partial charge on any atom is -0.326 e. The molecule has 0 spiro atoms. The molecule has 0 bridgehead atoms. The summed E-state index contributed by atoms with van der Waals surface area (Å²) in [7, 11) is 0. The maximum absolute atomic E-state index is 11.6. The van der Waals surface area contributed by atoms with E-state index in [1.807, 2.05) is 25.1 Å². The molecule has 0 aliphatic heterocycles. The highest BCUT2D eigenvalue weighted by Gasteiger charge is 2.05. The Morgan fingerprint density at radius 3 is 2.82 bits per heavy atom. The van der Waals surface area contributed by atoms with Gasteiger partial charge in [-0.3, -0.25) is 4.79 Å². The second kappa shape index (κ2) is 7.30. The van der Waals surface area contributed by atoms with Crippen molar-refractivity contribution in [2.24, 2.45) is 0 Å². The van der Waals surface area contributed by atoms with Crippen molar-refractivity contribution in [3.05, 3.63) is 28.8 Å². The molecule has 1 amide bonds. The lowest BCUT2D eigenvalue weighted by molar-refractivity contribution is -0.116. The van der Waals surface area contributed by atoms with Gasteiger partial charge in [-0.2, -0.15) is 0 Å². The van der Waals surface area contributed by atoms with Crippen LogP contribution in [0.3, 0.4) is 0 Å². The summed E-state index contributed by atoms with van der Waals surface area (Å²) in [5.74, 6) is 0.0129. The lowest BCUT2D eigenvalue weighted by Gasteiger charge is -2.09. The van der Waals surface area contributed by atoms with Crippen LogP contribution in [0.4, 0.5) is 5.69 Å². The van der Waals surface area contributed by atoms with E-state index in [1.54, 1.807) is 0 Å². The minimum atomic E-state index is 0.0129. The van der Waals surface area contributed by atoms with Gasteiger partial charge in [0.2, 0.25) is 5.91 Å². The second-order valence-corrected chi connectivity index (χ2v) is 4.37. The molecule has 0 heterocycles. The molecule has 0 radical (unpaired) electrons. The maximum atomic E-state index is 11.6. The van der Waals surface area contributed by atoms with Crippen molar-refractivity contribution in [2.45, 2.75) is 26.7 Å². The molecule has 1 aromatic carbocycles. The Bertz CT molecular complexity index is 380. The van der Waals surface area contributed by atoms with Crippen LogP contribution >= 0.6 is 11.6 Å². The molecule has 3 nitrogen and oxygen atoms in total. The van der Waals surface area contributed by atoms with Crippen molar-refractivity contribution < 1.29 is 4.79 Å². The molecular formula is C13H19ClN2O. The molecule has 1 aromatic rings. The zero-order valence-electron chi connectivity index (χ0n) is 10.3. The monoisotopic (exact) mass is 254 g/mol. The number of hydrogen-bond donors (Lipinski definition) is 2. The lowest BCUT2D eigenvalue weighted by atomic mass is 10.2. The smallest absolute Gasteiger partial charge is 0.225 e. The molecule has 94 valence electrons. The third kappa shape index (κ3) is 4.75. The topological polar surface area (TPSA) is 41.1 Å². The van der Waals surface area contributed by atoms with Crippen LogP contribution in [-0.4, -0.2) is 19.0 Å². The molecule has 0 aromatic heterocycles. The molecular weight excluding hydrogens is 236 g/mol. The Morgan fingerprint density at radius 2 is 2.12 bits per heavy atom. The number of benzene rings is 1. The molecule has 0 aliphatic rings. The van der Waals surface area contributed by atoms with Gasteiger partial charge in [-0.1, -0.05) is 24.6 Å². The average Bonchev–Trinajstić information content (AvgIpc) is 2.31. The molecule has 17 heavy (non-hydrogen) atoms. The zero-order chi connectivity index (χ0) is 12.7. The van der Waals surface area contributed by atoms with Gasteiger partial charge < -0.3 is 10.6 Å². The standard InChI is InChI=1S/C13H19ClN2O/c1-3-8-15-9-7-13(17)16-12-6-4-5-11(14)10(12)2/h4-6,15H,3,7-9H2,1-2H3,(H,16,17). The summed E-state index contributed by atoms with van der Waals surface area (Å²) in [6.45, 7) is 5.65. The second-order valence-electron chi connectivity index (χ2n) is 3.96. The van der Waals surface area contributed by atoms with Crippen LogP contribution < -0.4 is 10.6 Å². The fourth-order valence-electron chi connectivity index (χ4n) is 1.46. The Labute approximate surface area is 108 Å². The largest absolute Gasteiger partial charge is 0.326 e. The zero-order valence-corrected chi connectivity index (χ0v) is 11.1. The minimum absolute atomic E-state index is 0.0129. The first kappa shape index (κ1) is 14.0. The van der Waals surface area contributed by atoms with Crippen LogP contribution in [0.25, 0.3) is 0 Å². The summed E-state index contributed by atoms with van der Waals surface area (Å²) < 4.78 is 0. The van der Waals surface area contributed by atoms with E-state index in [1.165, 1.54) is 0 Å². The van der Waals surface area contributed by atoms with E-state index in [4.69, 9.17) is 11.6 Å². The summed E-state index contributed by atoms with van der Waals surface area (Å²) in [4.78, 5) is 11.6. The summed E-state index contributed by atoms with van der Waals surface area (Å²) in [5.41, 5.74) is 1.70. The number of nitrogens with one attached hydrogen (secondary N) is 2. The van der Waals surface area contributed by atoms with E-state index >= 15 is 0 Å². The van der Waals surface area contributed by atoms with E-state index in [0.29, 0.717) is 18.0 Å². The van der Waals surface area contributed by atoms with E-state index in [-0.39, 0.29) is 5.91 Å². The predicted octanol–water partition coefficient (Wildman–Crippen LogP) is 2.98. The van der Waals surface area contributed by atoms with Crippen molar-refractivity contribution in [2.75, 3.05) is 18.4 Å². The first-order valence-electron chi connectivity index (χ1n) is 5.90. The number of anilines is 1. The Hall–Kier alpha value is -1.06. The highest BCUT2D eigenvalue weighted by molar-refractivity contribution is 6.31. The Balaban J connectivity index is 2.43. The van der Waals surface area contributed by atoms with Gasteiger partial charge in [-0.05, 0) is 37.6 Å². The number of rotatable bonds is 6. The predicted molar refractivity (Wildman–Crippen MR) is 72.6 cm³/mol. The molecule has 0 atom stereocenters. The summed E-state index contributed by atoms with van der Waals surface area (Å²) in [6.07, 6.45) is 1.56. The molecule has 1 rings (SSSR count). The summed E-state index contributed by atoms with van der Waals surface area (Å²) >= 11 is 5.98. The highest BCUT2D eigenvalue weighted by atomic mass is 35.5. The molecule has 0 aliphatic carbocycles. The summed E-state index contributed by atoms with van der Waals surface area (Å²) in [6, 6.07) is 5.51. The number of amides is 1. The molecule has 4 heteroatoms. The van der Waals surface area contributed by atoms with Crippen LogP contribution in [0.5, 0.6) is 0 Å². The number of carbonyl (C=O) groups excluding carboxylic acids is 1. The maximum Gasteiger partial charge on any atom is 0.225 e. The van der Waals surface area contributed by atoms with Crippen LogP contribution in [0.2, 0.25) is 5.02 Å². The fraction of sp³-hybridized carbons (Fsp3) is 0.462. The van der Waals surface area contributed by atoms with Crippen molar-refractivity contribution in [3.8, 4) is 0 Å². The number of hydrogen-bond acceptors (Lipinski definition) is 2. The highest BCUT2D eigenvalue weighted by Crippen LogP contribution is 2.22. The van der Waals surface area contributed by atoms with Crippen molar-refractivity contribution >= 4 is 23.2 Å². The van der Waals surface area contributed by atoms with Gasteiger partial charge in [0.15, 0.2) is 0 Å².